The number of benzene rings is 2. The summed E-state index contributed by atoms with van der Waals surface area (Å²) in [6, 6.07) is 19.1. The van der Waals surface area contributed by atoms with Crippen molar-refractivity contribution < 1.29 is 14.0 Å². The van der Waals surface area contributed by atoms with Gasteiger partial charge in [-0.15, -0.1) is 11.3 Å². The Kier molecular flexibility index (Phi) is 6.75. The number of furan rings is 1. The summed E-state index contributed by atoms with van der Waals surface area (Å²) in [5.41, 5.74) is 1.95. The molecule has 2 heterocycles. The van der Waals surface area contributed by atoms with E-state index in [-0.39, 0.29) is 11.8 Å². The van der Waals surface area contributed by atoms with E-state index < -0.39 is 0 Å². The van der Waals surface area contributed by atoms with Crippen molar-refractivity contribution in [3.63, 3.8) is 0 Å². The van der Waals surface area contributed by atoms with Crippen LogP contribution in [0.1, 0.15) is 15.4 Å². The number of anilines is 2. The SMILES string of the molecule is O=C(/C=C/c1ccc(-c2ccc(Cl)cc2Cl)o1)Nc1ccc(NC(=O)c2cccs2)cc1. The molecule has 2 aromatic carbocycles. The lowest BCUT2D eigenvalue weighted by Gasteiger charge is -2.06. The van der Waals surface area contributed by atoms with Crippen LogP contribution in [0, 0.1) is 0 Å². The Labute approximate surface area is 198 Å². The van der Waals surface area contributed by atoms with Gasteiger partial charge in [0.05, 0.1) is 9.90 Å². The topological polar surface area (TPSA) is 71.3 Å². The Morgan fingerprint density at radius 1 is 0.906 bits per heavy atom. The molecule has 160 valence electrons. The molecule has 4 rings (SSSR count). The van der Waals surface area contributed by atoms with Gasteiger partial charge >= 0.3 is 0 Å². The molecule has 0 aliphatic carbocycles. The predicted octanol–water partition coefficient (Wildman–Crippen LogP) is 7.22. The van der Waals surface area contributed by atoms with E-state index >= 15 is 0 Å². The van der Waals surface area contributed by atoms with E-state index in [1.807, 2.05) is 11.4 Å². The number of hydrogen-bond acceptors (Lipinski definition) is 4. The highest BCUT2D eigenvalue weighted by molar-refractivity contribution is 7.12. The zero-order chi connectivity index (χ0) is 22.5. The number of rotatable bonds is 6. The average Bonchev–Trinajstić information content (AvgIpc) is 3.46. The summed E-state index contributed by atoms with van der Waals surface area (Å²) in [6.07, 6.45) is 2.94. The molecule has 2 N–H and O–H groups in total. The van der Waals surface area contributed by atoms with Crippen LogP contribution in [0.5, 0.6) is 0 Å². The first-order valence-electron chi connectivity index (χ1n) is 9.47. The second-order valence-electron chi connectivity index (χ2n) is 6.66. The molecule has 0 radical (unpaired) electrons. The standard InChI is InChI=1S/C24H16Cl2N2O3S/c25-15-3-10-19(20(26)14-15)21-11-8-18(31-21)9-12-23(29)27-16-4-6-17(7-5-16)28-24(30)22-2-1-13-32-22/h1-14H,(H,27,29)(H,28,30)/b12-9+. The zero-order valence-corrected chi connectivity index (χ0v) is 18.8. The molecule has 0 aliphatic heterocycles. The highest BCUT2D eigenvalue weighted by Crippen LogP contribution is 2.31. The minimum atomic E-state index is -0.317. The van der Waals surface area contributed by atoms with Gasteiger partial charge in [-0.25, -0.2) is 0 Å². The van der Waals surface area contributed by atoms with Crippen LogP contribution in [-0.4, -0.2) is 11.8 Å². The number of carbonyl (C=O) groups excluding carboxylic acids is 2. The average molecular weight is 483 g/mol. The highest BCUT2D eigenvalue weighted by atomic mass is 35.5. The molecule has 0 spiro atoms. The predicted molar refractivity (Wildman–Crippen MR) is 131 cm³/mol. The van der Waals surface area contributed by atoms with Crippen LogP contribution in [0.3, 0.4) is 0 Å². The molecule has 4 aromatic rings. The van der Waals surface area contributed by atoms with Crippen LogP contribution < -0.4 is 10.6 Å². The fourth-order valence-corrected chi connectivity index (χ4v) is 3.98. The molecule has 5 nitrogen and oxygen atoms in total. The van der Waals surface area contributed by atoms with Crippen LogP contribution in [0.25, 0.3) is 17.4 Å². The number of hydrogen-bond donors (Lipinski definition) is 2. The Morgan fingerprint density at radius 2 is 1.66 bits per heavy atom. The third-order valence-electron chi connectivity index (χ3n) is 4.38. The summed E-state index contributed by atoms with van der Waals surface area (Å²) in [6.45, 7) is 0. The van der Waals surface area contributed by atoms with Crippen molar-refractivity contribution in [1.29, 1.82) is 0 Å². The van der Waals surface area contributed by atoms with Crippen molar-refractivity contribution in [1.82, 2.24) is 0 Å². The van der Waals surface area contributed by atoms with Gasteiger partial charge < -0.3 is 15.1 Å². The second-order valence-corrected chi connectivity index (χ2v) is 8.45. The van der Waals surface area contributed by atoms with Crippen molar-refractivity contribution >= 4 is 63.8 Å². The molecular formula is C24H16Cl2N2O3S. The summed E-state index contributed by atoms with van der Waals surface area (Å²) in [5, 5.41) is 8.44. The second kappa shape index (κ2) is 9.87. The molecule has 0 saturated heterocycles. The maximum absolute atomic E-state index is 12.2. The Morgan fingerprint density at radius 3 is 2.34 bits per heavy atom. The van der Waals surface area contributed by atoms with E-state index in [4.69, 9.17) is 27.6 Å². The molecule has 0 unspecified atom stereocenters. The molecule has 2 amide bonds. The molecule has 0 bridgehead atoms. The van der Waals surface area contributed by atoms with E-state index in [0.717, 1.165) is 0 Å². The minimum absolute atomic E-state index is 0.169. The smallest absolute Gasteiger partial charge is 0.265 e. The summed E-state index contributed by atoms with van der Waals surface area (Å²) < 4.78 is 5.74. The van der Waals surface area contributed by atoms with Gasteiger partial charge in [0.15, 0.2) is 0 Å². The summed E-state index contributed by atoms with van der Waals surface area (Å²) in [4.78, 5) is 24.9. The van der Waals surface area contributed by atoms with Crippen LogP contribution in [0.2, 0.25) is 10.0 Å². The molecule has 8 heteroatoms. The molecular weight excluding hydrogens is 467 g/mol. The lowest BCUT2D eigenvalue weighted by atomic mass is 10.2. The largest absolute Gasteiger partial charge is 0.457 e. The fourth-order valence-electron chi connectivity index (χ4n) is 2.86. The van der Waals surface area contributed by atoms with E-state index in [2.05, 4.69) is 10.6 Å². The molecule has 0 aliphatic rings. The van der Waals surface area contributed by atoms with Crippen molar-refractivity contribution in [3.8, 4) is 11.3 Å². The van der Waals surface area contributed by atoms with Crippen molar-refractivity contribution in [3.05, 3.63) is 98.9 Å². The number of halogens is 2. The Hall–Kier alpha value is -3.32. The summed E-state index contributed by atoms with van der Waals surface area (Å²) >= 11 is 13.5. The van der Waals surface area contributed by atoms with Gasteiger partial charge in [0.1, 0.15) is 11.5 Å². The van der Waals surface area contributed by atoms with Gasteiger partial charge in [-0.05, 0) is 72.1 Å². The molecule has 0 saturated carbocycles. The maximum Gasteiger partial charge on any atom is 0.265 e. The first kappa shape index (κ1) is 21.9. The summed E-state index contributed by atoms with van der Waals surface area (Å²) in [5.74, 6) is 0.597. The maximum atomic E-state index is 12.2. The molecule has 0 fully saturated rings. The van der Waals surface area contributed by atoms with Gasteiger partial charge in [-0.1, -0.05) is 29.3 Å². The lowest BCUT2D eigenvalue weighted by Crippen LogP contribution is -2.10. The van der Waals surface area contributed by atoms with Gasteiger partial charge in [-0.3, -0.25) is 9.59 Å². The van der Waals surface area contributed by atoms with Gasteiger partial charge in [0, 0.05) is 28.0 Å². The van der Waals surface area contributed by atoms with Crippen LogP contribution in [0.15, 0.2) is 82.6 Å². The molecule has 0 atom stereocenters. The monoisotopic (exact) mass is 482 g/mol. The number of nitrogens with one attached hydrogen (secondary N) is 2. The number of amides is 2. The van der Waals surface area contributed by atoms with E-state index in [0.29, 0.717) is 43.4 Å². The third-order valence-corrected chi connectivity index (χ3v) is 5.79. The zero-order valence-electron chi connectivity index (χ0n) is 16.5. The van der Waals surface area contributed by atoms with Crippen LogP contribution in [0.4, 0.5) is 11.4 Å². The lowest BCUT2D eigenvalue weighted by molar-refractivity contribution is -0.111. The highest BCUT2D eigenvalue weighted by Gasteiger charge is 2.09. The van der Waals surface area contributed by atoms with E-state index in [1.54, 1.807) is 66.7 Å². The summed E-state index contributed by atoms with van der Waals surface area (Å²) in [7, 11) is 0. The Balaban J connectivity index is 1.34. The fraction of sp³-hybridized carbons (Fsp3) is 0. The van der Waals surface area contributed by atoms with Crippen molar-refractivity contribution in [2.75, 3.05) is 10.6 Å². The van der Waals surface area contributed by atoms with Crippen molar-refractivity contribution in [2.45, 2.75) is 0 Å². The van der Waals surface area contributed by atoms with E-state index in [1.165, 1.54) is 17.4 Å². The normalized spacial score (nSPS) is 10.9. The van der Waals surface area contributed by atoms with E-state index in [9.17, 15) is 9.59 Å². The van der Waals surface area contributed by atoms with Crippen LogP contribution >= 0.6 is 34.5 Å². The van der Waals surface area contributed by atoms with Gasteiger partial charge in [-0.2, -0.15) is 0 Å². The Bertz CT molecular complexity index is 1280. The molecule has 32 heavy (non-hydrogen) atoms. The quantitative estimate of drug-likeness (QED) is 0.285. The van der Waals surface area contributed by atoms with Crippen molar-refractivity contribution in [2.24, 2.45) is 0 Å². The number of thiophene rings is 1. The van der Waals surface area contributed by atoms with Crippen LogP contribution in [-0.2, 0) is 4.79 Å². The number of carbonyl (C=O) groups is 2. The van der Waals surface area contributed by atoms with Gasteiger partial charge in [0.2, 0.25) is 5.91 Å². The minimum Gasteiger partial charge on any atom is -0.457 e. The third kappa shape index (κ3) is 5.48. The van der Waals surface area contributed by atoms with Gasteiger partial charge in [0.25, 0.3) is 5.91 Å². The first-order valence-corrected chi connectivity index (χ1v) is 11.1. The molecule has 2 aromatic heterocycles. The first-order chi connectivity index (χ1) is 15.5.